The third kappa shape index (κ3) is 4.85. The molecule has 1 aromatic carbocycles. The molecule has 2 N–H and O–H groups in total. The van der Waals surface area contributed by atoms with Gasteiger partial charge in [-0.1, -0.05) is 12.1 Å². The van der Waals surface area contributed by atoms with Crippen molar-refractivity contribution in [3.8, 4) is 0 Å². The number of nitrogens with zero attached hydrogens (tertiary/aromatic N) is 1. The largest absolute Gasteiger partial charge is 0.340 e. The molecule has 1 amide bonds. The zero-order chi connectivity index (χ0) is 16.9. The highest BCUT2D eigenvalue weighted by Gasteiger charge is 2.18. The number of hydrogen-bond donors (Lipinski definition) is 2. The Hall–Kier alpha value is -1.77. The Balaban J connectivity index is 1.88. The summed E-state index contributed by atoms with van der Waals surface area (Å²) in [5.41, 5.74) is 0.456. The lowest BCUT2D eigenvalue weighted by molar-refractivity contribution is -0.131. The van der Waals surface area contributed by atoms with E-state index in [1.165, 1.54) is 31.2 Å². The number of sulfonamides is 1. The van der Waals surface area contributed by atoms with E-state index in [0.29, 0.717) is 18.7 Å². The summed E-state index contributed by atoms with van der Waals surface area (Å²) in [6.07, 6.45) is 0.130. The number of nitrogens with one attached hydrogen (secondary N) is 2. The van der Waals surface area contributed by atoms with Crippen LogP contribution >= 0.6 is 0 Å². The van der Waals surface area contributed by atoms with Gasteiger partial charge in [0, 0.05) is 44.7 Å². The highest BCUT2D eigenvalue weighted by Crippen LogP contribution is 2.11. The third-order valence-electron chi connectivity index (χ3n) is 3.67. The van der Waals surface area contributed by atoms with Gasteiger partial charge in [0.2, 0.25) is 15.9 Å². The quantitative estimate of drug-likeness (QED) is 0.711. The van der Waals surface area contributed by atoms with Gasteiger partial charge in [-0.05, 0) is 19.1 Å². The van der Waals surface area contributed by atoms with E-state index in [0.717, 1.165) is 13.1 Å². The zero-order valence-electron chi connectivity index (χ0n) is 13.0. The molecule has 0 unspecified atom stereocenters. The Morgan fingerprint density at radius 1 is 1.17 bits per heavy atom. The highest BCUT2D eigenvalue weighted by molar-refractivity contribution is 7.89. The highest BCUT2D eigenvalue weighted by atomic mass is 32.2. The number of benzene rings is 1. The minimum atomic E-state index is -3.67. The van der Waals surface area contributed by atoms with E-state index in [4.69, 9.17) is 0 Å². The molecule has 0 radical (unpaired) electrons. The second-order valence-electron chi connectivity index (χ2n) is 5.36. The van der Waals surface area contributed by atoms with E-state index in [2.05, 4.69) is 10.0 Å². The Kier molecular flexibility index (Phi) is 5.86. The van der Waals surface area contributed by atoms with Crippen LogP contribution in [0.15, 0.2) is 29.2 Å². The number of Topliss-reactive ketones (excluding diaryl/α,β-unsaturated/α-hetero) is 1. The number of piperazine rings is 1. The molecule has 8 heteroatoms. The molecule has 126 valence electrons. The first-order valence-corrected chi connectivity index (χ1v) is 8.97. The zero-order valence-corrected chi connectivity index (χ0v) is 13.9. The van der Waals surface area contributed by atoms with Gasteiger partial charge in [0.05, 0.1) is 4.90 Å². The Morgan fingerprint density at radius 3 is 2.35 bits per heavy atom. The number of ketones is 1. The van der Waals surface area contributed by atoms with Gasteiger partial charge in [-0.3, -0.25) is 9.59 Å². The van der Waals surface area contributed by atoms with Crippen molar-refractivity contribution in [2.75, 3.05) is 32.7 Å². The van der Waals surface area contributed by atoms with Gasteiger partial charge in [0.25, 0.3) is 0 Å². The van der Waals surface area contributed by atoms with E-state index in [9.17, 15) is 18.0 Å². The fourth-order valence-electron chi connectivity index (χ4n) is 2.32. The number of carbonyl (C=O) groups excluding carboxylic acids is 2. The van der Waals surface area contributed by atoms with Crippen molar-refractivity contribution in [2.45, 2.75) is 18.2 Å². The van der Waals surface area contributed by atoms with Crippen molar-refractivity contribution in [3.05, 3.63) is 29.8 Å². The van der Waals surface area contributed by atoms with Gasteiger partial charge in [-0.2, -0.15) is 0 Å². The monoisotopic (exact) mass is 339 g/mol. The fourth-order valence-corrected chi connectivity index (χ4v) is 3.35. The van der Waals surface area contributed by atoms with Crippen molar-refractivity contribution >= 4 is 21.7 Å². The van der Waals surface area contributed by atoms with Gasteiger partial charge < -0.3 is 10.2 Å². The van der Waals surface area contributed by atoms with Crippen LogP contribution in [-0.2, 0) is 14.8 Å². The lowest BCUT2D eigenvalue weighted by Gasteiger charge is -2.27. The number of rotatable bonds is 6. The molecule has 1 aliphatic heterocycles. The molecule has 1 heterocycles. The van der Waals surface area contributed by atoms with Crippen LogP contribution in [-0.4, -0.2) is 57.7 Å². The Labute approximate surface area is 136 Å². The summed E-state index contributed by atoms with van der Waals surface area (Å²) in [7, 11) is -3.67. The molecule has 7 nitrogen and oxygen atoms in total. The maximum atomic E-state index is 12.1. The minimum Gasteiger partial charge on any atom is -0.340 e. The van der Waals surface area contributed by atoms with E-state index in [1.54, 1.807) is 4.90 Å². The summed E-state index contributed by atoms with van der Waals surface area (Å²) in [5, 5.41) is 3.15. The molecule has 1 aromatic rings. The van der Waals surface area contributed by atoms with Crippen LogP contribution in [0.4, 0.5) is 0 Å². The van der Waals surface area contributed by atoms with Gasteiger partial charge in [-0.15, -0.1) is 0 Å². The van der Waals surface area contributed by atoms with Gasteiger partial charge >= 0.3 is 0 Å². The molecule has 23 heavy (non-hydrogen) atoms. The molecule has 1 aliphatic rings. The molecule has 2 rings (SSSR count). The fraction of sp³-hybridized carbons (Fsp3) is 0.467. The summed E-state index contributed by atoms with van der Waals surface area (Å²) in [6.45, 7) is 4.30. The van der Waals surface area contributed by atoms with Crippen molar-refractivity contribution in [1.29, 1.82) is 0 Å². The van der Waals surface area contributed by atoms with Crippen LogP contribution in [0.2, 0.25) is 0 Å². The van der Waals surface area contributed by atoms with Crippen LogP contribution in [0, 0.1) is 0 Å². The molecular formula is C15H21N3O4S. The first-order valence-electron chi connectivity index (χ1n) is 7.49. The molecule has 0 saturated carbocycles. The van der Waals surface area contributed by atoms with Crippen LogP contribution in [0.25, 0.3) is 0 Å². The summed E-state index contributed by atoms with van der Waals surface area (Å²) >= 11 is 0. The van der Waals surface area contributed by atoms with Crippen molar-refractivity contribution in [1.82, 2.24) is 14.9 Å². The number of amides is 1. The van der Waals surface area contributed by atoms with Gasteiger partial charge in [-0.25, -0.2) is 13.1 Å². The van der Waals surface area contributed by atoms with E-state index < -0.39 is 10.0 Å². The van der Waals surface area contributed by atoms with Gasteiger partial charge in [0.15, 0.2) is 5.78 Å². The Morgan fingerprint density at radius 2 is 1.78 bits per heavy atom. The summed E-state index contributed by atoms with van der Waals surface area (Å²) in [6, 6.07) is 5.72. The molecule has 1 fully saturated rings. The molecule has 0 spiro atoms. The standard InChI is InChI=1S/C15H21N3O4S/c1-12(19)13-2-4-14(5-3-13)23(21,22)17-7-6-15(20)18-10-8-16-9-11-18/h2-5,16-17H,6-11H2,1H3. The van der Waals surface area contributed by atoms with E-state index >= 15 is 0 Å². The van der Waals surface area contributed by atoms with Crippen LogP contribution in [0.1, 0.15) is 23.7 Å². The third-order valence-corrected chi connectivity index (χ3v) is 5.15. The molecule has 0 bridgehead atoms. The number of carbonyl (C=O) groups is 2. The molecule has 0 aliphatic carbocycles. The normalized spacial score (nSPS) is 15.4. The molecule has 0 aromatic heterocycles. The van der Waals surface area contributed by atoms with Crippen molar-refractivity contribution in [2.24, 2.45) is 0 Å². The average molecular weight is 339 g/mol. The van der Waals surface area contributed by atoms with Crippen LogP contribution in [0.3, 0.4) is 0 Å². The smallest absolute Gasteiger partial charge is 0.240 e. The predicted molar refractivity (Wildman–Crippen MR) is 85.7 cm³/mol. The summed E-state index contributed by atoms with van der Waals surface area (Å²) < 4.78 is 26.7. The first-order chi connectivity index (χ1) is 10.9. The SMILES string of the molecule is CC(=O)c1ccc(S(=O)(=O)NCCC(=O)N2CCNCC2)cc1. The lowest BCUT2D eigenvalue weighted by Crippen LogP contribution is -2.47. The maximum absolute atomic E-state index is 12.1. The molecule has 1 saturated heterocycles. The summed E-state index contributed by atoms with van der Waals surface area (Å²) in [4.78, 5) is 25.0. The van der Waals surface area contributed by atoms with E-state index in [1.807, 2.05) is 0 Å². The minimum absolute atomic E-state index is 0.0545. The van der Waals surface area contributed by atoms with Crippen LogP contribution < -0.4 is 10.0 Å². The lowest BCUT2D eigenvalue weighted by atomic mass is 10.2. The van der Waals surface area contributed by atoms with Gasteiger partial charge in [0.1, 0.15) is 0 Å². The van der Waals surface area contributed by atoms with Crippen molar-refractivity contribution < 1.29 is 18.0 Å². The maximum Gasteiger partial charge on any atom is 0.240 e. The van der Waals surface area contributed by atoms with Crippen LogP contribution in [0.5, 0.6) is 0 Å². The first kappa shape index (κ1) is 17.6. The van der Waals surface area contributed by atoms with E-state index in [-0.39, 0.29) is 29.6 Å². The number of hydrogen-bond acceptors (Lipinski definition) is 5. The predicted octanol–water partition coefficient (Wildman–Crippen LogP) is -0.0106. The summed E-state index contributed by atoms with van der Waals surface area (Å²) in [5.74, 6) is -0.176. The molecule has 0 atom stereocenters. The Bertz CT molecular complexity index is 664. The average Bonchev–Trinajstić information content (AvgIpc) is 2.55. The van der Waals surface area contributed by atoms with Crippen molar-refractivity contribution in [3.63, 3.8) is 0 Å². The second-order valence-corrected chi connectivity index (χ2v) is 7.13. The molecular weight excluding hydrogens is 318 g/mol. The second kappa shape index (κ2) is 7.67. The topological polar surface area (TPSA) is 95.6 Å².